The average Bonchev–Trinajstić information content (AvgIpc) is 3.35. The van der Waals surface area contributed by atoms with Crippen molar-refractivity contribution in [3.63, 3.8) is 0 Å². The maximum Gasteiger partial charge on any atom is 0.241 e. The number of nitrogens with one attached hydrogen (secondary N) is 1. The first kappa shape index (κ1) is 22.4. The average molecular weight is 470 g/mol. The SMILES string of the molecule is CC(=O)N1CC[C@@H](Nc2ncc3c(-c4ccc5c(n4)C(CC(C)F)C(C)=N5)ccn3n2)[C@@H](F)C1.[HH]. The number of amides is 1. The molecule has 0 saturated carbocycles. The van der Waals surface area contributed by atoms with Gasteiger partial charge in [0.25, 0.3) is 0 Å². The van der Waals surface area contributed by atoms with Gasteiger partial charge >= 0.3 is 0 Å². The van der Waals surface area contributed by atoms with Crippen LogP contribution in [0, 0.1) is 0 Å². The molecule has 0 aliphatic carbocycles. The van der Waals surface area contributed by atoms with Crippen LogP contribution in [0.25, 0.3) is 16.8 Å². The number of nitrogens with zero attached hydrogens (tertiary/aromatic N) is 6. The second-order valence-corrected chi connectivity index (χ2v) is 9.08. The minimum Gasteiger partial charge on any atom is -0.347 e. The minimum absolute atomic E-state index is 0. The summed E-state index contributed by atoms with van der Waals surface area (Å²) in [4.78, 5) is 26.8. The van der Waals surface area contributed by atoms with E-state index in [4.69, 9.17) is 4.98 Å². The lowest BCUT2D eigenvalue weighted by atomic mass is 9.95. The van der Waals surface area contributed by atoms with Crippen LogP contribution in [-0.4, -0.2) is 67.6 Å². The maximum atomic E-state index is 14.6. The van der Waals surface area contributed by atoms with Crippen LogP contribution in [0.15, 0.2) is 35.6 Å². The Bertz CT molecular complexity index is 1280. The Balaban J connectivity index is 0.00000289. The van der Waals surface area contributed by atoms with E-state index < -0.39 is 18.4 Å². The van der Waals surface area contributed by atoms with Gasteiger partial charge in [0, 0.05) is 38.3 Å². The van der Waals surface area contributed by atoms with Crippen LogP contribution in [0.5, 0.6) is 0 Å². The first-order valence-corrected chi connectivity index (χ1v) is 11.5. The van der Waals surface area contributed by atoms with Gasteiger partial charge < -0.3 is 10.2 Å². The van der Waals surface area contributed by atoms with Crippen molar-refractivity contribution in [2.75, 3.05) is 18.4 Å². The zero-order chi connectivity index (χ0) is 24.0. The Labute approximate surface area is 197 Å². The largest absolute Gasteiger partial charge is 0.347 e. The Kier molecular flexibility index (Phi) is 5.75. The van der Waals surface area contributed by atoms with Crippen LogP contribution in [0.3, 0.4) is 0 Å². The number of hydrogen-bond acceptors (Lipinski definition) is 6. The number of alkyl halides is 2. The molecule has 3 aromatic rings. The van der Waals surface area contributed by atoms with E-state index in [9.17, 15) is 13.6 Å². The smallest absolute Gasteiger partial charge is 0.241 e. The third kappa shape index (κ3) is 4.12. The molecule has 34 heavy (non-hydrogen) atoms. The summed E-state index contributed by atoms with van der Waals surface area (Å²) in [5, 5.41) is 7.56. The van der Waals surface area contributed by atoms with Gasteiger partial charge in [-0.1, -0.05) is 0 Å². The van der Waals surface area contributed by atoms with E-state index in [1.807, 2.05) is 25.1 Å². The molecule has 2 aliphatic heterocycles. The molecule has 180 valence electrons. The molecule has 0 bridgehead atoms. The summed E-state index contributed by atoms with van der Waals surface area (Å²) in [5.74, 6) is 0.0755. The van der Waals surface area contributed by atoms with Gasteiger partial charge in [0.1, 0.15) is 6.17 Å². The lowest BCUT2D eigenvalue weighted by Gasteiger charge is -2.34. The lowest BCUT2D eigenvalue weighted by Crippen LogP contribution is -2.49. The van der Waals surface area contributed by atoms with Crippen LogP contribution in [0.1, 0.15) is 46.7 Å². The molecule has 5 rings (SSSR count). The number of aliphatic imine (C=N–C) groups is 1. The fraction of sp³-hybridized carbons (Fsp3) is 0.458. The molecule has 2 unspecified atom stereocenters. The van der Waals surface area contributed by atoms with Gasteiger partial charge in [-0.25, -0.2) is 23.3 Å². The van der Waals surface area contributed by atoms with Gasteiger partial charge in [-0.05, 0) is 44.9 Å². The highest BCUT2D eigenvalue weighted by Gasteiger charge is 2.31. The Hall–Kier alpha value is -3.43. The van der Waals surface area contributed by atoms with Crippen LogP contribution >= 0.6 is 0 Å². The summed E-state index contributed by atoms with van der Waals surface area (Å²) in [6, 6.07) is 5.26. The first-order valence-electron chi connectivity index (χ1n) is 11.5. The summed E-state index contributed by atoms with van der Waals surface area (Å²) in [6.07, 6.45) is 2.19. The van der Waals surface area contributed by atoms with E-state index in [1.165, 1.54) is 11.8 Å². The second kappa shape index (κ2) is 8.73. The predicted molar refractivity (Wildman–Crippen MR) is 128 cm³/mol. The molecule has 10 heteroatoms. The molecule has 4 atom stereocenters. The van der Waals surface area contributed by atoms with Crippen molar-refractivity contribution in [1.29, 1.82) is 0 Å². The quantitative estimate of drug-likeness (QED) is 0.600. The first-order chi connectivity index (χ1) is 16.3. The van der Waals surface area contributed by atoms with E-state index in [1.54, 1.807) is 23.8 Å². The third-order valence-electron chi connectivity index (χ3n) is 6.59. The molecule has 3 aromatic heterocycles. The molecular formula is C24H29F2N7O. The van der Waals surface area contributed by atoms with Gasteiger partial charge in [0.15, 0.2) is 0 Å². The number of halogens is 2. The van der Waals surface area contributed by atoms with E-state index >= 15 is 0 Å². The number of rotatable bonds is 5. The summed E-state index contributed by atoms with van der Waals surface area (Å²) in [7, 11) is 0. The van der Waals surface area contributed by atoms with Gasteiger partial charge in [-0.3, -0.25) is 9.79 Å². The molecule has 1 saturated heterocycles. The van der Waals surface area contributed by atoms with Crippen molar-refractivity contribution in [1.82, 2.24) is 24.5 Å². The van der Waals surface area contributed by atoms with Crippen LogP contribution in [-0.2, 0) is 4.79 Å². The number of hydrogen-bond donors (Lipinski definition) is 1. The summed E-state index contributed by atoms with van der Waals surface area (Å²) in [5.41, 5.74) is 4.81. The highest BCUT2D eigenvalue weighted by Crippen LogP contribution is 2.39. The number of carbonyl (C=O) groups excluding carboxylic acids is 1. The maximum absolute atomic E-state index is 14.6. The number of carbonyl (C=O) groups is 1. The zero-order valence-electron chi connectivity index (χ0n) is 19.4. The van der Waals surface area contributed by atoms with Gasteiger partial charge in [0.05, 0.1) is 47.5 Å². The van der Waals surface area contributed by atoms with Crippen molar-refractivity contribution in [2.24, 2.45) is 4.99 Å². The number of pyridine rings is 1. The Morgan fingerprint density at radius 2 is 2.18 bits per heavy atom. The predicted octanol–water partition coefficient (Wildman–Crippen LogP) is 4.35. The summed E-state index contributed by atoms with van der Waals surface area (Å²) < 4.78 is 30.0. The van der Waals surface area contributed by atoms with E-state index in [0.717, 1.165) is 33.9 Å². The van der Waals surface area contributed by atoms with Crippen LogP contribution in [0.2, 0.25) is 0 Å². The molecule has 0 radical (unpaired) electrons. The highest BCUT2D eigenvalue weighted by molar-refractivity contribution is 5.96. The van der Waals surface area contributed by atoms with E-state index in [2.05, 4.69) is 20.4 Å². The number of piperidine rings is 1. The molecule has 1 N–H and O–H groups in total. The molecule has 0 aromatic carbocycles. The Morgan fingerprint density at radius 3 is 2.91 bits per heavy atom. The monoisotopic (exact) mass is 469 g/mol. The van der Waals surface area contributed by atoms with Crippen LogP contribution < -0.4 is 5.32 Å². The van der Waals surface area contributed by atoms with E-state index in [-0.39, 0.29) is 19.8 Å². The van der Waals surface area contributed by atoms with E-state index in [0.29, 0.717) is 25.3 Å². The lowest BCUT2D eigenvalue weighted by molar-refractivity contribution is -0.131. The summed E-state index contributed by atoms with van der Waals surface area (Å²) in [6.45, 7) is 5.48. The molecular weight excluding hydrogens is 440 g/mol. The molecule has 1 amide bonds. The number of fused-ring (bicyclic) bond motifs is 2. The summed E-state index contributed by atoms with van der Waals surface area (Å²) >= 11 is 0. The fourth-order valence-electron chi connectivity index (χ4n) is 4.74. The van der Waals surface area contributed by atoms with Crippen molar-refractivity contribution in [3.05, 3.63) is 36.3 Å². The second-order valence-electron chi connectivity index (χ2n) is 9.08. The van der Waals surface area contributed by atoms with Crippen LogP contribution in [0.4, 0.5) is 20.4 Å². The minimum atomic E-state index is -1.20. The molecule has 8 nitrogen and oxygen atoms in total. The van der Waals surface area contributed by atoms with Crippen molar-refractivity contribution in [2.45, 2.75) is 57.9 Å². The third-order valence-corrected chi connectivity index (χ3v) is 6.59. The fourth-order valence-corrected chi connectivity index (χ4v) is 4.74. The normalized spacial score (nSPS) is 23.0. The van der Waals surface area contributed by atoms with Crippen molar-refractivity contribution in [3.8, 4) is 11.3 Å². The molecule has 5 heterocycles. The number of anilines is 1. The van der Waals surface area contributed by atoms with Gasteiger partial charge in [-0.15, -0.1) is 5.10 Å². The standard InChI is InChI=1S/C24H27F2N7O.H2/c1-13(25)10-17-14(2)28-21-5-4-19(29-23(17)21)16-6-9-33-22(16)11-27-24(31-33)30-20-7-8-32(15(3)34)12-18(20)26;/h4-6,9,11,13,17-18,20H,7-8,10,12H2,1-3H3,(H,30,31);1H/t13?,17?,18-,20+;/m0./s1. The van der Waals surface area contributed by atoms with Gasteiger partial charge in [-0.2, -0.15) is 0 Å². The molecule has 1 fully saturated rings. The number of likely N-dealkylation sites (tertiary alicyclic amines) is 1. The highest BCUT2D eigenvalue weighted by atomic mass is 19.1. The topological polar surface area (TPSA) is 87.8 Å². The van der Waals surface area contributed by atoms with Crippen molar-refractivity contribution < 1.29 is 15.0 Å². The Morgan fingerprint density at radius 1 is 1.35 bits per heavy atom. The zero-order valence-corrected chi connectivity index (χ0v) is 19.4. The van der Waals surface area contributed by atoms with Crippen molar-refractivity contribution >= 4 is 28.8 Å². The molecule has 0 spiro atoms. The number of aromatic nitrogens is 4. The van der Waals surface area contributed by atoms with Gasteiger partial charge in [0.2, 0.25) is 11.9 Å². The molecule has 2 aliphatic rings.